The van der Waals surface area contributed by atoms with E-state index in [-0.39, 0.29) is 18.9 Å². The van der Waals surface area contributed by atoms with Gasteiger partial charge in [-0.2, -0.15) is 0 Å². The monoisotopic (exact) mass is 91.0 g/mol. The molecule has 0 aromatic carbocycles. The molecule has 0 aromatic heterocycles. The minimum Gasteiger partial charge on any atom is -0.543 e. The maximum absolute atomic E-state index is 9.27. The molecule has 7 heavy (non-hydrogen) atoms. The molecule has 0 aliphatic carbocycles. The predicted molar refractivity (Wildman–Crippen MR) is 16.5 cm³/mol. The zero-order chi connectivity index (χ0) is 4.99. The molecule has 0 saturated heterocycles. The molecule has 0 heterocycles. The number of nitrogens with zero attached hydrogens (tertiary/aromatic N) is 1. The number of hydrogen-bond donors (Lipinski definition) is 0. The van der Waals surface area contributed by atoms with Crippen molar-refractivity contribution in [1.82, 2.24) is 0 Å². The van der Waals surface area contributed by atoms with Crippen molar-refractivity contribution in [3.05, 3.63) is 11.4 Å². The predicted octanol–water partition coefficient (Wildman–Crippen LogP) is -4.34. The van der Waals surface area contributed by atoms with Crippen molar-refractivity contribution in [3.8, 4) is 0 Å². The summed E-state index contributed by atoms with van der Waals surface area (Å²) in [5.74, 6) is -1.31. The molecule has 4 heteroatoms. The fourth-order valence-corrected chi connectivity index (χ4v) is 0.0645. The second-order valence-corrected chi connectivity index (χ2v) is 0.688. The SMILES string of the molecule is [C-]#[N+]CC(=O)[O-].[Li+]. The van der Waals surface area contributed by atoms with Gasteiger partial charge in [0.2, 0.25) is 0 Å². The smallest absolute Gasteiger partial charge is 0.543 e. The summed E-state index contributed by atoms with van der Waals surface area (Å²) in [5.41, 5.74) is 0. The van der Waals surface area contributed by atoms with E-state index in [4.69, 9.17) is 6.57 Å². The van der Waals surface area contributed by atoms with Gasteiger partial charge in [0.15, 0.2) is 0 Å². The van der Waals surface area contributed by atoms with Crippen LogP contribution in [0.1, 0.15) is 0 Å². The quantitative estimate of drug-likeness (QED) is 0.242. The number of carboxylic acids is 1. The third kappa shape index (κ3) is 10.8. The maximum atomic E-state index is 9.27. The van der Waals surface area contributed by atoms with Gasteiger partial charge in [0.25, 0.3) is 6.54 Å². The Morgan fingerprint density at radius 3 is 2.29 bits per heavy atom. The number of rotatable bonds is 1. The second-order valence-electron chi connectivity index (χ2n) is 0.688. The van der Waals surface area contributed by atoms with Crippen LogP contribution in [-0.4, -0.2) is 12.5 Å². The first-order chi connectivity index (χ1) is 2.77. The molecule has 32 valence electrons. The van der Waals surface area contributed by atoms with Crippen LogP contribution in [0.5, 0.6) is 0 Å². The van der Waals surface area contributed by atoms with Crippen LogP contribution in [0.25, 0.3) is 4.85 Å². The van der Waals surface area contributed by atoms with Gasteiger partial charge in [-0.15, -0.1) is 0 Å². The first-order valence-electron chi connectivity index (χ1n) is 1.30. The molecular formula is C3H2LiNO2. The van der Waals surface area contributed by atoms with Crippen LogP contribution < -0.4 is 24.0 Å². The Morgan fingerprint density at radius 1 is 1.86 bits per heavy atom. The van der Waals surface area contributed by atoms with Crippen LogP contribution >= 0.6 is 0 Å². The van der Waals surface area contributed by atoms with Crippen LogP contribution in [-0.2, 0) is 4.79 Å². The van der Waals surface area contributed by atoms with Crippen molar-refractivity contribution in [1.29, 1.82) is 0 Å². The van der Waals surface area contributed by atoms with Crippen LogP contribution in [0.4, 0.5) is 0 Å². The zero-order valence-electron chi connectivity index (χ0n) is 3.97. The summed E-state index contributed by atoms with van der Waals surface area (Å²) in [4.78, 5) is 11.8. The third-order valence-electron chi connectivity index (χ3n) is 0.208. The summed E-state index contributed by atoms with van der Waals surface area (Å²) in [5, 5.41) is 9.27. The molecule has 0 saturated carbocycles. The molecule has 0 atom stereocenters. The largest absolute Gasteiger partial charge is 1.00 e. The first-order valence-corrected chi connectivity index (χ1v) is 1.30. The van der Waals surface area contributed by atoms with Crippen molar-refractivity contribution >= 4 is 5.97 Å². The zero-order valence-corrected chi connectivity index (χ0v) is 3.97. The Bertz CT molecular complexity index is 95.6. The molecule has 0 rings (SSSR count). The number of aliphatic carboxylic acids is 1. The first kappa shape index (κ1) is 9.75. The van der Waals surface area contributed by atoms with Gasteiger partial charge in [-0.25, -0.2) is 6.57 Å². The van der Waals surface area contributed by atoms with Crippen molar-refractivity contribution in [2.24, 2.45) is 0 Å². The van der Waals surface area contributed by atoms with Crippen molar-refractivity contribution < 1.29 is 28.8 Å². The fraction of sp³-hybridized carbons (Fsp3) is 0.333. The average Bonchev–Trinajstić information content (AvgIpc) is 1.35. The van der Waals surface area contributed by atoms with Crippen molar-refractivity contribution in [2.75, 3.05) is 6.54 Å². The van der Waals surface area contributed by atoms with Gasteiger partial charge in [0, 0.05) is 0 Å². The van der Waals surface area contributed by atoms with Crippen LogP contribution in [0.2, 0.25) is 0 Å². The minimum atomic E-state index is -1.31. The van der Waals surface area contributed by atoms with Crippen LogP contribution in [0, 0.1) is 6.57 Å². The van der Waals surface area contributed by atoms with Gasteiger partial charge in [-0.3, -0.25) is 0 Å². The Hall–Kier alpha value is -0.443. The summed E-state index contributed by atoms with van der Waals surface area (Å²) in [6, 6.07) is 0. The standard InChI is InChI=1S/C3H3NO2.Li/c1-4-2-3(5)6;/h2H2,(H,5,6);/q;+1/p-1. The third-order valence-corrected chi connectivity index (χ3v) is 0.208. The van der Waals surface area contributed by atoms with E-state index in [9.17, 15) is 9.90 Å². The molecule has 0 aromatic rings. The molecule has 0 unspecified atom stereocenters. The maximum Gasteiger partial charge on any atom is 1.00 e. The van der Waals surface area contributed by atoms with Crippen molar-refractivity contribution in [3.63, 3.8) is 0 Å². The van der Waals surface area contributed by atoms with Gasteiger partial charge in [-0.1, -0.05) is 0 Å². The van der Waals surface area contributed by atoms with Crippen LogP contribution in [0.3, 0.4) is 0 Å². The van der Waals surface area contributed by atoms with E-state index in [1.54, 1.807) is 0 Å². The van der Waals surface area contributed by atoms with Crippen molar-refractivity contribution in [2.45, 2.75) is 0 Å². The van der Waals surface area contributed by atoms with Gasteiger partial charge in [-0.05, 0) is 0 Å². The van der Waals surface area contributed by atoms with E-state index in [1.807, 2.05) is 0 Å². The Morgan fingerprint density at radius 2 is 2.29 bits per heavy atom. The number of carboxylic acid groups (broad SMARTS) is 1. The number of hydrogen-bond acceptors (Lipinski definition) is 2. The molecule has 0 aliphatic heterocycles. The van der Waals surface area contributed by atoms with Gasteiger partial charge in [0.05, 0.1) is 0 Å². The summed E-state index contributed by atoms with van der Waals surface area (Å²) in [7, 11) is 0. The molecule has 0 radical (unpaired) electrons. The summed E-state index contributed by atoms with van der Waals surface area (Å²) in [6.45, 7) is 5.41. The van der Waals surface area contributed by atoms with E-state index in [2.05, 4.69) is 4.85 Å². The number of carbonyl (C=O) groups is 1. The molecular weight excluding hydrogens is 89.0 g/mol. The number of carbonyl (C=O) groups excluding carboxylic acids is 1. The summed E-state index contributed by atoms with van der Waals surface area (Å²) < 4.78 is 0. The van der Waals surface area contributed by atoms with Gasteiger partial charge < -0.3 is 14.7 Å². The molecule has 0 aliphatic rings. The minimum absolute atomic E-state index is 0. The Kier molecular flexibility index (Phi) is 7.74. The normalized spacial score (nSPS) is 5.57. The molecule has 3 nitrogen and oxygen atoms in total. The summed E-state index contributed by atoms with van der Waals surface area (Å²) >= 11 is 0. The topological polar surface area (TPSA) is 44.5 Å². The van der Waals surface area contributed by atoms with E-state index in [0.717, 1.165) is 0 Å². The van der Waals surface area contributed by atoms with Gasteiger partial charge in [0.1, 0.15) is 5.97 Å². The Balaban J connectivity index is 0. The van der Waals surface area contributed by atoms with E-state index >= 15 is 0 Å². The molecule has 0 amide bonds. The van der Waals surface area contributed by atoms with E-state index < -0.39 is 12.5 Å². The average molecular weight is 91.0 g/mol. The molecule has 0 fully saturated rings. The van der Waals surface area contributed by atoms with E-state index in [0.29, 0.717) is 0 Å². The fourth-order valence-electron chi connectivity index (χ4n) is 0.0645. The summed E-state index contributed by atoms with van der Waals surface area (Å²) in [6.07, 6.45) is 0. The molecule has 0 bridgehead atoms. The molecule has 0 spiro atoms. The van der Waals surface area contributed by atoms with E-state index in [1.165, 1.54) is 0 Å². The second kappa shape index (κ2) is 5.56. The van der Waals surface area contributed by atoms with Gasteiger partial charge >= 0.3 is 18.9 Å². The molecule has 0 N–H and O–H groups in total. The Labute approximate surface area is 53.3 Å². The van der Waals surface area contributed by atoms with Crippen LogP contribution in [0.15, 0.2) is 0 Å².